The molecule has 1 atom stereocenters. The maximum Gasteiger partial charge on any atom is 0.152 e. The van der Waals surface area contributed by atoms with Crippen LogP contribution in [-0.2, 0) is 13.6 Å². The van der Waals surface area contributed by atoms with Crippen molar-refractivity contribution in [1.29, 1.82) is 0 Å². The predicted octanol–water partition coefficient (Wildman–Crippen LogP) is 3.31. The number of nitrogens with zero attached hydrogens (tertiary/aromatic N) is 5. The van der Waals surface area contributed by atoms with E-state index in [1.807, 2.05) is 18.5 Å². The SMILES string of the molecule is CC(Cl)c1nc2cc(Cl)c(F)cc2n1Cc1nncn1C. The first kappa shape index (κ1) is 14.3. The molecule has 110 valence electrons. The molecule has 2 heterocycles. The highest BCUT2D eigenvalue weighted by molar-refractivity contribution is 6.31. The average molecular weight is 328 g/mol. The molecular weight excluding hydrogens is 316 g/mol. The number of fused-ring (bicyclic) bond motifs is 1. The van der Waals surface area contributed by atoms with Crippen LogP contribution in [0, 0.1) is 5.82 Å². The van der Waals surface area contributed by atoms with Crippen LogP contribution in [0.4, 0.5) is 4.39 Å². The third-order valence-electron chi connectivity index (χ3n) is 3.28. The van der Waals surface area contributed by atoms with Crippen molar-refractivity contribution < 1.29 is 4.39 Å². The van der Waals surface area contributed by atoms with E-state index in [4.69, 9.17) is 23.2 Å². The molecule has 0 bridgehead atoms. The van der Waals surface area contributed by atoms with E-state index in [0.29, 0.717) is 23.4 Å². The Bertz CT molecular complexity index is 808. The van der Waals surface area contributed by atoms with Crippen molar-refractivity contribution in [3.8, 4) is 0 Å². The van der Waals surface area contributed by atoms with Crippen LogP contribution in [0.2, 0.25) is 5.02 Å². The van der Waals surface area contributed by atoms with Gasteiger partial charge in [-0.15, -0.1) is 21.8 Å². The van der Waals surface area contributed by atoms with E-state index in [2.05, 4.69) is 15.2 Å². The molecule has 1 aromatic carbocycles. The van der Waals surface area contributed by atoms with E-state index in [1.165, 1.54) is 12.1 Å². The Morgan fingerprint density at radius 1 is 1.38 bits per heavy atom. The third kappa shape index (κ3) is 2.49. The van der Waals surface area contributed by atoms with Crippen molar-refractivity contribution in [3.05, 3.63) is 40.9 Å². The molecule has 0 aliphatic rings. The Balaban J connectivity index is 2.20. The summed E-state index contributed by atoms with van der Waals surface area (Å²) in [6, 6.07) is 2.87. The van der Waals surface area contributed by atoms with Gasteiger partial charge in [-0.1, -0.05) is 11.6 Å². The van der Waals surface area contributed by atoms with E-state index >= 15 is 0 Å². The molecule has 5 nitrogen and oxygen atoms in total. The van der Waals surface area contributed by atoms with Crippen LogP contribution >= 0.6 is 23.2 Å². The lowest BCUT2D eigenvalue weighted by molar-refractivity contribution is 0.627. The van der Waals surface area contributed by atoms with Gasteiger partial charge < -0.3 is 9.13 Å². The minimum Gasteiger partial charge on any atom is -0.319 e. The zero-order valence-electron chi connectivity index (χ0n) is 11.4. The molecule has 0 saturated heterocycles. The summed E-state index contributed by atoms with van der Waals surface area (Å²) in [7, 11) is 1.84. The van der Waals surface area contributed by atoms with Crippen LogP contribution in [0.15, 0.2) is 18.5 Å². The molecule has 2 aromatic heterocycles. The normalized spacial score (nSPS) is 13.0. The molecule has 0 spiro atoms. The number of alkyl halides is 1. The summed E-state index contributed by atoms with van der Waals surface area (Å²) in [5.41, 5.74) is 1.23. The molecule has 0 radical (unpaired) electrons. The van der Waals surface area contributed by atoms with Crippen molar-refractivity contribution in [2.45, 2.75) is 18.8 Å². The summed E-state index contributed by atoms with van der Waals surface area (Å²) >= 11 is 12.0. The maximum absolute atomic E-state index is 13.8. The largest absolute Gasteiger partial charge is 0.319 e. The fourth-order valence-corrected chi connectivity index (χ4v) is 2.52. The number of halogens is 3. The molecule has 3 rings (SSSR count). The number of aromatic nitrogens is 5. The van der Waals surface area contributed by atoms with E-state index < -0.39 is 5.82 Å². The summed E-state index contributed by atoms with van der Waals surface area (Å²) in [5, 5.41) is 7.59. The average Bonchev–Trinajstić information content (AvgIpc) is 2.97. The highest BCUT2D eigenvalue weighted by atomic mass is 35.5. The molecule has 3 aromatic rings. The minimum atomic E-state index is -0.489. The molecule has 0 aliphatic heterocycles. The van der Waals surface area contributed by atoms with E-state index in [0.717, 1.165) is 5.82 Å². The highest BCUT2D eigenvalue weighted by Gasteiger charge is 2.18. The number of benzene rings is 1. The van der Waals surface area contributed by atoms with Crippen molar-refractivity contribution >= 4 is 34.2 Å². The second kappa shape index (κ2) is 5.27. The summed E-state index contributed by atoms with van der Waals surface area (Å²) in [6.45, 7) is 2.22. The standard InChI is InChI=1S/C13H12Cl2FN5/c1-7(14)13-18-10-3-8(15)9(16)4-11(10)21(13)5-12-19-17-6-20(12)2/h3-4,6-7H,5H2,1-2H3. The van der Waals surface area contributed by atoms with Crippen molar-refractivity contribution in [2.24, 2.45) is 7.05 Å². The number of imidazole rings is 1. The van der Waals surface area contributed by atoms with Crippen LogP contribution in [0.1, 0.15) is 23.9 Å². The Kier molecular flexibility index (Phi) is 3.59. The van der Waals surface area contributed by atoms with E-state index in [1.54, 1.807) is 10.9 Å². The molecule has 0 fully saturated rings. The van der Waals surface area contributed by atoms with Crippen LogP contribution < -0.4 is 0 Å². The molecule has 0 saturated carbocycles. The topological polar surface area (TPSA) is 48.5 Å². The van der Waals surface area contributed by atoms with Crippen LogP contribution in [0.5, 0.6) is 0 Å². The molecule has 0 amide bonds. The number of rotatable bonds is 3. The number of hydrogen-bond donors (Lipinski definition) is 0. The predicted molar refractivity (Wildman–Crippen MR) is 79.1 cm³/mol. The van der Waals surface area contributed by atoms with Gasteiger partial charge in [0, 0.05) is 13.1 Å². The van der Waals surface area contributed by atoms with Gasteiger partial charge in [-0.05, 0) is 13.0 Å². The monoisotopic (exact) mass is 327 g/mol. The smallest absolute Gasteiger partial charge is 0.152 e. The summed E-state index contributed by atoms with van der Waals surface area (Å²) in [4.78, 5) is 4.45. The Morgan fingerprint density at radius 3 is 2.76 bits per heavy atom. The first-order chi connectivity index (χ1) is 9.97. The first-order valence-electron chi connectivity index (χ1n) is 6.29. The van der Waals surface area contributed by atoms with Gasteiger partial charge in [0.25, 0.3) is 0 Å². The lowest BCUT2D eigenvalue weighted by Gasteiger charge is -2.10. The zero-order valence-corrected chi connectivity index (χ0v) is 12.9. The Morgan fingerprint density at radius 2 is 2.14 bits per heavy atom. The molecule has 8 heteroatoms. The van der Waals surface area contributed by atoms with Gasteiger partial charge >= 0.3 is 0 Å². The van der Waals surface area contributed by atoms with E-state index in [-0.39, 0.29) is 10.4 Å². The van der Waals surface area contributed by atoms with Crippen molar-refractivity contribution in [1.82, 2.24) is 24.3 Å². The molecule has 0 aliphatic carbocycles. The molecule has 1 unspecified atom stereocenters. The second-order valence-electron chi connectivity index (χ2n) is 4.79. The van der Waals surface area contributed by atoms with Crippen molar-refractivity contribution in [3.63, 3.8) is 0 Å². The highest BCUT2D eigenvalue weighted by Crippen LogP contribution is 2.28. The first-order valence-corrected chi connectivity index (χ1v) is 7.11. The summed E-state index contributed by atoms with van der Waals surface area (Å²) in [5.74, 6) is 0.872. The van der Waals surface area contributed by atoms with Gasteiger partial charge in [-0.2, -0.15) is 0 Å². The van der Waals surface area contributed by atoms with Gasteiger partial charge in [-0.25, -0.2) is 9.37 Å². The minimum absolute atomic E-state index is 0.0413. The van der Waals surface area contributed by atoms with Gasteiger partial charge in [0.1, 0.15) is 18.0 Å². The van der Waals surface area contributed by atoms with Gasteiger partial charge in [0.15, 0.2) is 5.82 Å². The Labute approximate surface area is 130 Å². The van der Waals surface area contributed by atoms with Crippen LogP contribution in [0.3, 0.4) is 0 Å². The maximum atomic E-state index is 13.8. The van der Waals surface area contributed by atoms with Crippen LogP contribution in [-0.4, -0.2) is 24.3 Å². The van der Waals surface area contributed by atoms with Gasteiger partial charge in [0.2, 0.25) is 0 Å². The van der Waals surface area contributed by atoms with E-state index in [9.17, 15) is 4.39 Å². The lowest BCUT2D eigenvalue weighted by Crippen LogP contribution is -2.09. The second-order valence-corrected chi connectivity index (χ2v) is 5.85. The molecule has 21 heavy (non-hydrogen) atoms. The quantitative estimate of drug-likeness (QED) is 0.693. The van der Waals surface area contributed by atoms with Crippen molar-refractivity contribution in [2.75, 3.05) is 0 Å². The fourth-order valence-electron chi connectivity index (χ4n) is 2.20. The number of hydrogen-bond acceptors (Lipinski definition) is 3. The third-order valence-corrected chi connectivity index (χ3v) is 3.77. The lowest BCUT2D eigenvalue weighted by atomic mass is 10.3. The fraction of sp³-hybridized carbons (Fsp3) is 0.308. The van der Waals surface area contributed by atoms with Gasteiger partial charge in [0.05, 0.1) is 28.0 Å². The van der Waals surface area contributed by atoms with Gasteiger partial charge in [-0.3, -0.25) is 0 Å². The molecule has 0 N–H and O–H groups in total. The molecular formula is C13H12Cl2FN5. The number of aryl methyl sites for hydroxylation is 1. The summed E-state index contributed by atoms with van der Waals surface area (Å²) in [6.07, 6.45) is 1.61. The summed E-state index contributed by atoms with van der Waals surface area (Å²) < 4.78 is 17.4. The van der Waals surface area contributed by atoms with Crippen LogP contribution in [0.25, 0.3) is 11.0 Å². The Hall–Kier alpha value is -1.66. The zero-order chi connectivity index (χ0) is 15.1.